The molecule has 0 bridgehead atoms. The van der Waals surface area contributed by atoms with Crippen molar-refractivity contribution in [3.05, 3.63) is 76.4 Å². The Labute approximate surface area is 152 Å². The van der Waals surface area contributed by atoms with Crippen LogP contribution < -0.4 is 10.6 Å². The molecule has 1 amide bonds. The van der Waals surface area contributed by atoms with Gasteiger partial charge in [0.25, 0.3) is 5.91 Å². The van der Waals surface area contributed by atoms with Gasteiger partial charge in [-0.3, -0.25) is 4.79 Å². The van der Waals surface area contributed by atoms with Crippen LogP contribution >= 0.6 is 23.2 Å². The average Bonchev–Trinajstić information content (AvgIpc) is 2.61. The summed E-state index contributed by atoms with van der Waals surface area (Å²) >= 11 is 12.1. The Kier molecular flexibility index (Phi) is 5.11. The Morgan fingerprint density at radius 3 is 2.56 bits per heavy atom. The maximum atomic E-state index is 13.6. The van der Waals surface area contributed by atoms with Crippen LogP contribution in [0.25, 0.3) is 0 Å². The molecule has 126 valence electrons. The van der Waals surface area contributed by atoms with Crippen molar-refractivity contribution in [2.24, 2.45) is 0 Å². The highest BCUT2D eigenvalue weighted by Gasteiger charge is 2.12. The SMILES string of the molecule is O=C(Nc1ccccc1F)c1cc(Nc2cccc(Cl)c2Cl)ncn1. The van der Waals surface area contributed by atoms with Gasteiger partial charge in [-0.05, 0) is 24.3 Å². The zero-order chi connectivity index (χ0) is 17.8. The predicted molar refractivity (Wildman–Crippen MR) is 96.1 cm³/mol. The van der Waals surface area contributed by atoms with E-state index < -0.39 is 11.7 Å². The summed E-state index contributed by atoms with van der Waals surface area (Å²) in [5.74, 6) is -0.750. The second-order valence-corrected chi connectivity index (χ2v) is 5.73. The number of anilines is 3. The van der Waals surface area contributed by atoms with Crippen LogP contribution in [0.15, 0.2) is 54.9 Å². The molecule has 0 fully saturated rings. The second-order valence-electron chi connectivity index (χ2n) is 4.95. The maximum Gasteiger partial charge on any atom is 0.274 e. The van der Waals surface area contributed by atoms with Crippen molar-refractivity contribution >= 4 is 46.3 Å². The zero-order valence-electron chi connectivity index (χ0n) is 12.6. The molecule has 0 saturated carbocycles. The molecule has 25 heavy (non-hydrogen) atoms. The minimum atomic E-state index is -0.562. The van der Waals surface area contributed by atoms with E-state index in [2.05, 4.69) is 20.6 Å². The van der Waals surface area contributed by atoms with E-state index in [4.69, 9.17) is 23.2 Å². The molecule has 0 aliphatic heterocycles. The number of nitrogens with zero attached hydrogens (tertiary/aromatic N) is 2. The molecule has 8 heteroatoms. The van der Waals surface area contributed by atoms with Crippen LogP contribution in [0, 0.1) is 5.82 Å². The van der Waals surface area contributed by atoms with E-state index in [0.29, 0.717) is 21.6 Å². The van der Waals surface area contributed by atoms with E-state index in [9.17, 15) is 9.18 Å². The highest BCUT2D eigenvalue weighted by Crippen LogP contribution is 2.31. The summed E-state index contributed by atoms with van der Waals surface area (Å²) in [6.45, 7) is 0. The standard InChI is InChI=1S/C17H11Cl2FN4O/c18-10-4-3-7-13(16(10)19)23-15-8-14(21-9-22-15)17(25)24-12-6-2-1-5-11(12)20/h1-9H,(H,24,25)(H,21,22,23). The summed E-state index contributed by atoms with van der Waals surface area (Å²) in [5.41, 5.74) is 0.672. The van der Waals surface area contributed by atoms with Crippen molar-refractivity contribution in [1.29, 1.82) is 0 Å². The smallest absolute Gasteiger partial charge is 0.274 e. The van der Waals surface area contributed by atoms with Gasteiger partial charge in [-0.25, -0.2) is 14.4 Å². The molecule has 0 atom stereocenters. The van der Waals surface area contributed by atoms with E-state index in [1.807, 2.05) is 0 Å². The summed E-state index contributed by atoms with van der Waals surface area (Å²) in [5, 5.41) is 6.14. The Hall–Kier alpha value is -2.70. The van der Waals surface area contributed by atoms with Crippen LogP contribution in [0.4, 0.5) is 21.6 Å². The first kappa shape index (κ1) is 17.1. The summed E-state index contributed by atoms with van der Waals surface area (Å²) < 4.78 is 13.6. The van der Waals surface area contributed by atoms with E-state index in [-0.39, 0.29) is 11.4 Å². The number of carbonyl (C=O) groups is 1. The molecule has 5 nitrogen and oxygen atoms in total. The second kappa shape index (κ2) is 7.46. The van der Waals surface area contributed by atoms with Crippen molar-refractivity contribution in [1.82, 2.24) is 9.97 Å². The first-order valence-electron chi connectivity index (χ1n) is 7.13. The molecule has 2 N–H and O–H groups in total. The molecule has 3 rings (SSSR count). The van der Waals surface area contributed by atoms with Crippen LogP contribution in [-0.4, -0.2) is 15.9 Å². The number of hydrogen-bond donors (Lipinski definition) is 2. The predicted octanol–water partition coefficient (Wildman–Crippen LogP) is 4.92. The fourth-order valence-corrected chi connectivity index (χ4v) is 2.38. The Bertz CT molecular complexity index is 936. The van der Waals surface area contributed by atoms with Crippen LogP contribution in [0.1, 0.15) is 10.5 Å². The van der Waals surface area contributed by atoms with Gasteiger partial charge in [-0.2, -0.15) is 0 Å². The van der Waals surface area contributed by atoms with Gasteiger partial charge in [-0.1, -0.05) is 41.4 Å². The molecule has 0 aliphatic rings. The van der Waals surface area contributed by atoms with Gasteiger partial charge < -0.3 is 10.6 Å². The highest BCUT2D eigenvalue weighted by atomic mass is 35.5. The lowest BCUT2D eigenvalue weighted by atomic mass is 10.3. The van der Waals surface area contributed by atoms with Gasteiger partial charge in [-0.15, -0.1) is 0 Å². The first-order chi connectivity index (χ1) is 12.0. The van der Waals surface area contributed by atoms with Gasteiger partial charge in [0.2, 0.25) is 0 Å². The Balaban J connectivity index is 1.80. The number of para-hydroxylation sites is 1. The van der Waals surface area contributed by atoms with E-state index in [1.165, 1.54) is 30.6 Å². The van der Waals surface area contributed by atoms with Crippen molar-refractivity contribution in [3.8, 4) is 0 Å². The zero-order valence-corrected chi connectivity index (χ0v) is 14.1. The minimum Gasteiger partial charge on any atom is -0.339 e. The first-order valence-corrected chi connectivity index (χ1v) is 7.89. The largest absolute Gasteiger partial charge is 0.339 e. The summed E-state index contributed by atoms with van der Waals surface area (Å²) in [7, 11) is 0. The lowest BCUT2D eigenvalue weighted by Gasteiger charge is -2.10. The molecular weight excluding hydrogens is 366 g/mol. The van der Waals surface area contributed by atoms with Gasteiger partial charge >= 0.3 is 0 Å². The molecule has 0 radical (unpaired) electrons. The number of nitrogens with one attached hydrogen (secondary N) is 2. The number of carbonyl (C=O) groups excluding carboxylic acids is 1. The van der Waals surface area contributed by atoms with E-state index in [0.717, 1.165) is 0 Å². The molecule has 0 unspecified atom stereocenters. The third-order valence-electron chi connectivity index (χ3n) is 3.24. The van der Waals surface area contributed by atoms with Crippen molar-refractivity contribution in [3.63, 3.8) is 0 Å². The van der Waals surface area contributed by atoms with Crippen LogP contribution in [-0.2, 0) is 0 Å². The number of rotatable bonds is 4. The lowest BCUT2D eigenvalue weighted by molar-refractivity contribution is 0.102. The van der Waals surface area contributed by atoms with E-state index >= 15 is 0 Å². The fraction of sp³-hybridized carbons (Fsp3) is 0. The Morgan fingerprint density at radius 2 is 1.76 bits per heavy atom. The van der Waals surface area contributed by atoms with Gasteiger partial charge in [0.05, 0.1) is 21.4 Å². The van der Waals surface area contributed by atoms with Crippen LogP contribution in [0.2, 0.25) is 10.0 Å². The van der Waals surface area contributed by atoms with Crippen molar-refractivity contribution < 1.29 is 9.18 Å². The third kappa shape index (κ3) is 4.04. The molecule has 3 aromatic rings. The molecule has 0 spiro atoms. The van der Waals surface area contributed by atoms with E-state index in [1.54, 1.807) is 24.3 Å². The summed E-state index contributed by atoms with van der Waals surface area (Å²) in [6.07, 6.45) is 1.22. The molecule has 0 aliphatic carbocycles. The monoisotopic (exact) mass is 376 g/mol. The van der Waals surface area contributed by atoms with Crippen molar-refractivity contribution in [2.45, 2.75) is 0 Å². The van der Waals surface area contributed by atoms with Gasteiger partial charge in [0.1, 0.15) is 23.7 Å². The number of halogens is 3. The number of amides is 1. The number of benzene rings is 2. The molecular formula is C17H11Cl2FN4O. The summed E-state index contributed by atoms with van der Waals surface area (Å²) in [4.78, 5) is 20.2. The fourth-order valence-electron chi connectivity index (χ4n) is 2.04. The maximum absolute atomic E-state index is 13.6. The van der Waals surface area contributed by atoms with Crippen molar-refractivity contribution in [2.75, 3.05) is 10.6 Å². The van der Waals surface area contributed by atoms with Gasteiger partial charge in [0, 0.05) is 6.07 Å². The Morgan fingerprint density at radius 1 is 1.00 bits per heavy atom. The van der Waals surface area contributed by atoms with Crippen LogP contribution in [0.5, 0.6) is 0 Å². The highest BCUT2D eigenvalue weighted by molar-refractivity contribution is 6.43. The molecule has 2 aromatic carbocycles. The van der Waals surface area contributed by atoms with Gasteiger partial charge in [0.15, 0.2) is 0 Å². The topological polar surface area (TPSA) is 66.9 Å². The minimum absolute atomic E-state index is 0.0681. The normalized spacial score (nSPS) is 10.4. The number of aromatic nitrogens is 2. The summed E-state index contributed by atoms with van der Waals surface area (Å²) in [6, 6.07) is 12.4. The average molecular weight is 377 g/mol. The molecule has 1 aromatic heterocycles. The third-order valence-corrected chi connectivity index (χ3v) is 4.06. The molecule has 0 saturated heterocycles. The number of hydrogen-bond acceptors (Lipinski definition) is 4. The van der Waals surface area contributed by atoms with Crippen LogP contribution in [0.3, 0.4) is 0 Å². The quantitative estimate of drug-likeness (QED) is 0.678. The molecule has 1 heterocycles. The lowest BCUT2D eigenvalue weighted by Crippen LogP contribution is -2.15.